The molecule has 2 rings (SSSR count). The van der Waals surface area contributed by atoms with Crippen LogP contribution >= 0.6 is 0 Å². The third kappa shape index (κ3) is 5.10. The summed E-state index contributed by atoms with van der Waals surface area (Å²) < 4.78 is 15.7. The van der Waals surface area contributed by atoms with Gasteiger partial charge in [-0.15, -0.1) is 0 Å². The summed E-state index contributed by atoms with van der Waals surface area (Å²) in [5, 5.41) is 2.83. The smallest absolute Gasteiger partial charge is 0.322 e. The Bertz CT molecular complexity index is 706. The van der Waals surface area contributed by atoms with Crippen LogP contribution in [0.2, 0.25) is 0 Å². The third-order valence-electron chi connectivity index (χ3n) is 4.02. The fourth-order valence-electron chi connectivity index (χ4n) is 2.38. The number of para-hydroxylation sites is 1. The van der Waals surface area contributed by atoms with E-state index in [0.717, 1.165) is 11.3 Å². The molecule has 26 heavy (non-hydrogen) atoms. The molecule has 0 aliphatic rings. The summed E-state index contributed by atoms with van der Waals surface area (Å²) in [6, 6.07) is 10.7. The van der Waals surface area contributed by atoms with Crippen LogP contribution in [-0.4, -0.2) is 50.4 Å². The fraction of sp³-hybridized carbons (Fsp3) is 0.368. The highest BCUT2D eigenvalue weighted by Gasteiger charge is 2.20. The molecule has 2 amide bonds. The predicted molar refractivity (Wildman–Crippen MR) is 99.8 cm³/mol. The van der Waals surface area contributed by atoms with Gasteiger partial charge in [-0.1, -0.05) is 18.2 Å². The number of nitrogens with zero attached hydrogens (tertiary/aromatic N) is 2. The number of carbonyl (C=O) groups excluding carboxylic acids is 1. The molecule has 0 aliphatic carbocycles. The Labute approximate surface area is 153 Å². The van der Waals surface area contributed by atoms with Crippen molar-refractivity contribution in [2.45, 2.75) is 13.0 Å². The number of nitrogens with one attached hydrogen (secondary N) is 1. The zero-order valence-corrected chi connectivity index (χ0v) is 15.6. The molecule has 0 radical (unpaired) electrons. The summed E-state index contributed by atoms with van der Waals surface area (Å²) in [5.74, 6) is 1.23. The van der Waals surface area contributed by atoms with Crippen molar-refractivity contribution in [2.75, 3.05) is 39.8 Å². The van der Waals surface area contributed by atoms with Crippen LogP contribution in [-0.2, 0) is 4.74 Å². The molecule has 1 aromatic heterocycles. The molecule has 1 aromatic carbocycles. The summed E-state index contributed by atoms with van der Waals surface area (Å²) in [4.78, 5) is 18.3. The van der Waals surface area contributed by atoms with Gasteiger partial charge in [-0.05, 0) is 19.1 Å². The number of carbonyl (C=O) groups is 1. The van der Waals surface area contributed by atoms with Gasteiger partial charge in [0.05, 0.1) is 31.6 Å². The van der Waals surface area contributed by atoms with Crippen LogP contribution in [0, 0.1) is 0 Å². The standard InChI is InChI=1S/C19H25N3O4/c1-14(16-7-5-6-8-17(16)25-4)22(2)19(23)21-15-9-10-18(20-13-15)26-12-11-24-3/h5-10,13-14H,11-12H2,1-4H3,(H,21,23). The second kappa shape index (κ2) is 9.62. The van der Waals surface area contributed by atoms with E-state index in [1.807, 2.05) is 31.2 Å². The Balaban J connectivity index is 1.98. The maximum Gasteiger partial charge on any atom is 0.322 e. The van der Waals surface area contributed by atoms with E-state index in [4.69, 9.17) is 14.2 Å². The Morgan fingerprint density at radius 2 is 1.96 bits per heavy atom. The summed E-state index contributed by atoms with van der Waals surface area (Å²) in [5.41, 5.74) is 1.53. The van der Waals surface area contributed by atoms with Crippen molar-refractivity contribution in [3.8, 4) is 11.6 Å². The van der Waals surface area contributed by atoms with Gasteiger partial charge in [0.25, 0.3) is 0 Å². The Kier molecular flexibility index (Phi) is 7.23. The van der Waals surface area contributed by atoms with Crippen molar-refractivity contribution in [2.24, 2.45) is 0 Å². The lowest BCUT2D eigenvalue weighted by Gasteiger charge is -2.26. The highest BCUT2D eigenvalue weighted by molar-refractivity contribution is 5.89. The van der Waals surface area contributed by atoms with E-state index in [0.29, 0.717) is 24.8 Å². The van der Waals surface area contributed by atoms with Gasteiger partial charge in [0.15, 0.2) is 0 Å². The first kappa shape index (κ1) is 19.5. The number of urea groups is 1. The van der Waals surface area contributed by atoms with Crippen LogP contribution in [0.4, 0.5) is 10.5 Å². The lowest BCUT2D eigenvalue weighted by atomic mass is 10.1. The lowest BCUT2D eigenvalue weighted by Crippen LogP contribution is -2.33. The number of hydrogen-bond donors (Lipinski definition) is 1. The first-order chi connectivity index (χ1) is 12.6. The van der Waals surface area contributed by atoms with E-state index in [1.165, 1.54) is 0 Å². The van der Waals surface area contributed by atoms with E-state index in [1.54, 1.807) is 44.5 Å². The number of methoxy groups -OCH3 is 2. The van der Waals surface area contributed by atoms with Gasteiger partial charge in [-0.3, -0.25) is 0 Å². The first-order valence-electron chi connectivity index (χ1n) is 8.31. The minimum absolute atomic E-state index is 0.157. The van der Waals surface area contributed by atoms with E-state index >= 15 is 0 Å². The summed E-state index contributed by atoms with van der Waals surface area (Å²) in [6.07, 6.45) is 1.56. The maximum absolute atomic E-state index is 12.5. The number of amides is 2. The zero-order chi connectivity index (χ0) is 18.9. The first-order valence-corrected chi connectivity index (χ1v) is 8.31. The van der Waals surface area contributed by atoms with E-state index < -0.39 is 0 Å². The molecule has 7 nitrogen and oxygen atoms in total. The number of pyridine rings is 1. The van der Waals surface area contributed by atoms with Crippen LogP contribution < -0.4 is 14.8 Å². The summed E-state index contributed by atoms with van der Waals surface area (Å²) in [6.45, 7) is 2.86. The van der Waals surface area contributed by atoms with Gasteiger partial charge in [-0.2, -0.15) is 0 Å². The Hall–Kier alpha value is -2.80. The number of rotatable bonds is 8. The lowest BCUT2D eigenvalue weighted by molar-refractivity contribution is 0.144. The molecule has 0 aliphatic heterocycles. The largest absolute Gasteiger partial charge is 0.496 e. The number of ether oxygens (including phenoxy) is 3. The molecule has 1 unspecified atom stereocenters. The van der Waals surface area contributed by atoms with Gasteiger partial charge >= 0.3 is 6.03 Å². The number of anilines is 1. The quantitative estimate of drug-likeness (QED) is 0.732. The Morgan fingerprint density at radius 3 is 2.62 bits per heavy atom. The van der Waals surface area contributed by atoms with Crippen LogP contribution in [0.5, 0.6) is 11.6 Å². The van der Waals surface area contributed by atoms with Crippen LogP contribution in [0.1, 0.15) is 18.5 Å². The molecule has 0 fully saturated rings. The molecule has 1 heterocycles. The molecule has 140 valence electrons. The SMILES string of the molecule is COCCOc1ccc(NC(=O)N(C)C(C)c2ccccc2OC)cn1. The molecule has 1 N–H and O–H groups in total. The third-order valence-corrected chi connectivity index (χ3v) is 4.02. The van der Waals surface area contributed by atoms with E-state index in [9.17, 15) is 4.79 Å². The molecule has 0 saturated carbocycles. The minimum atomic E-state index is -0.238. The van der Waals surface area contributed by atoms with Crippen molar-refractivity contribution in [1.82, 2.24) is 9.88 Å². The second-order valence-electron chi connectivity index (χ2n) is 5.69. The monoisotopic (exact) mass is 359 g/mol. The molecular formula is C19H25N3O4. The van der Waals surface area contributed by atoms with Gasteiger partial charge in [0.2, 0.25) is 5.88 Å². The zero-order valence-electron chi connectivity index (χ0n) is 15.6. The fourth-order valence-corrected chi connectivity index (χ4v) is 2.38. The van der Waals surface area contributed by atoms with E-state index in [2.05, 4.69) is 10.3 Å². The van der Waals surface area contributed by atoms with Crippen LogP contribution in [0.3, 0.4) is 0 Å². The van der Waals surface area contributed by atoms with Crippen molar-refractivity contribution in [1.29, 1.82) is 0 Å². The number of benzene rings is 1. The van der Waals surface area contributed by atoms with Crippen LogP contribution in [0.15, 0.2) is 42.6 Å². The van der Waals surface area contributed by atoms with Crippen LogP contribution in [0.25, 0.3) is 0 Å². The Morgan fingerprint density at radius 1 is 1.19 bits per heavy atom. The molecule has 0 saturated heterocycles. The van der Waals surface area contributed by atoms with Crippen molar-refractivity contribution >= 4 is 11.7 Å². The molecule has 7 heteroatoms. The molecular weight excluding hydrogens is 334 g/mol. The second-order valence-corrected chi connectivity index (χ2v) is 5.69. The van der Waals surface area contributed by atoms with Gasteiger partial charge < -0.3 is 24.4 Å². The molecule has 1 atom stereocenters. The van der Waals surface area contributed by atoms with Crippen molar-refractivity contribution in [3.05, 3.63) is 48.2 Å². The van der Waals surface area contributed by atoms with Gasteiger partial charge in [0, 0.05) is 25.8 Å². The van der Waals surface area contributed by atoms with Gasteiger partial charge in [0.1, 0.15) is 12.4 Å². The molecule has 2 aromatic rings. The van der Waals surface area contributed by atoms with Crippen molar-refractivity contribution < 1.29 is 19.0 Å². The molecule has 0 spiro atoms. The highest BCUT2D eigenvalue weighted by Crippen LogP contribution is 2.28. The molecule has 0 bridgehead atoms. The average Bonchev–Trinajstić information content (AvgIpc) is 2.68. The topological polar surface area (TPSA) is 72.9 Å². The summed E-state index contributed by atoms with van der Waals surface area (Å²) in [7, 11) is 4.97. The number of aromatic nitrogens is 1. The maximum atomic E-state index is 12.5. The number of hydrogen-bond acceptors (Lipinski definition) is 5. The summed E-state index contributed by atoms with van der Waals surface area (Å²) >= 11 is 0. The predicted octanol–water partition coefficient (Wildman–Crippen LogP) is 3.34. The highest BCUT2D eigenvalue weighted by atomic mass is 16.5. The minimum Gasteiger partial charge on any atom is -0.496 e. The van der Waals surface area contributed by atoms with Gasteiger partial charge in [-0.25, -0.2) is 9.78 Å². The van der Waals surface area contributed by atoms with E-state index in [-0.39, 0.29) is 12.1 Å². The average molecular weight is 359 g/mol. The van der Waals surface area contributed by atoms with Crippen molar-refractivity contribution in [3.63, 3.8) is 0 Å². The normalized spacial score (nSPS) is 11.5.